The van der Waals surface area contributed by atoms with Crippen LogP contribution in [0.2, 0.25) is 0 Å². The zero-order chi connectivity index (χ0) is 47.2. The predicted molar refractivity (Wildman–Crippen MR) is 283 cm³/mol. The van der Waals surface area contributed by atoms with Gasteiger partial charge in [-0.1, -0.05) is 256 Å². The second kappa shape index (κ2) is 54.7. The molecule has 0 aromatic carbocycles. The lowest BCUT2D eigenvalue weighted by atomic mass is 10.0. The maximum Gasteiger partial charge on any atom is 0.305 e. The molecule has 0 spiro atoms. The third-order valence-corrected chi connectivity index (χ3v) is 13.2. The largest absolute Gasteiger partial charge is 0.466 e. The summed E-state index contributed by atoms with van der Waals surface area (Å²) in [4.78, 5) is 24.5. The van der Waals surface area contributed by atoms with Gasteiger partial charge in [0.25, 0.3) is 0 Å². The number of carbonyl (C=O) groups is 2. The van der Waals surface area contributed by atoms with Crippen molar-refractivity contribution in [2.75, 3.05) is 13.2 Å². The van der Waals surface area contributed by atoms with E-state index in [0.717, 1.165) is 83.5 Å². The Hall–Kier alpha value is -1.92. The number of esters is 1. The van der Waals surface area contributed by atoms with E-state index >= 15 is 0 Å². The van der Waals surface area contributed by atoms with Crippen molar-refractivity contribution in [1.29, 1.82) is 0 Å². The van der Waals surface area contributed by atoms with Crippen LogP contribution in [0.5, 0.6) is 0 Å². The van der Waals surface area contributed by atoms with Gasteiger partial charge in [0.15, 0.2) is 0 Å². The SMILES string of the molecule is CCCCCCCCCCCCCCCC/C=C/C(O)C(CO)NC(=O)CCCCCCCCC/C=C\C/C=C\CCCCCOC(=O)CCCCCCCCCCCCCCCCC. The minimum atomic E-state index is -0.855. The number of ether oxygens (including phenoxy) is 1. The number of nitrogens with one attached hydrogen (secondary N) is 1. The minimum Gasteiger partial charge on any atom is -0.466 e. The van der Waals surface area contributed by atoms with Crippen LogP contribution in [0.15, 0.2) is 36.5 Å². The van der Waals surface area contributed by atoms with Crippen LogP contribution >= 0.6 is 0 Å². The molecule has 0 saturated carbocycles. The highest BCUT2D eigenvalue weighted by atomic mass is 16.5. The monoisotopic (exact) mass is 914 g/mol. The van der Waals surface area contributed by atoms with E-state index in [1.54, 1.807) is 6.08 Å². The fraction of sp³-hybridized carbons (Fsp3) is 0.864. The lowest BCUT2D eigenvalue weighted by Gasteiger charge is -2.20. The zero-order valence-electron chi connectivity index (χ0n) is 43.5. The van der Waals surface area contributed by atoms with Gasteiger partial charge in [0.05, 0.1) is 25.4 Å². The van der Waals surface area contributed by atoms with Crippen LogP contribution in [0.4, 0.5) is 0 Å². The normalized spacial score (nSPS) is 12.9. The summed E-state index contributed by atoms with van der Waals surface area (Å²) in [6.07, 6.45) is 67.3. The lowest BCUT2D eigenvalue weighted by molar-refractivity contribution is -0.143. The van der Waals surface area contributed by atoms with E-state index in [9.17, 15) is 19.8 Å². The molecule has 0 rings (SSSR count). The zero-order valence-corrected chi connectivity index (χ0v) is 43.5. The van der Waals surface area contributed by atoms with E-state index in [4.69, 9.17) is 4.74 Å². The van der Waals surface area contributed by atoms with Gasteiger partial charge in [-0.2, -0.15) is 0 Å². The Morgan fingerprint density at radius 3 is 1.17 bits per heavy atom. The second-order valence-electron chi connectivity index (χ2n) is 19.6. The molecule has 3 N–H and O–H groups in total. The molecule has 0 bridgehead atoms. The first kappa shape index (κ1) is 63.1. The molecular weight excluding hydrogens is 803 g/mol. The molecular formula is C59H111NO5. The maximum atomic E-state index is 12.4. The van der Waals surface area contributed by atoms with Crippen molar-refractivity contribution >= 4 is 11.9 Å². The molecule has 6 nitrogen and oxygen atoms in total. The summed E-state index contributed by atoms with van der Waals surface area (Å²) in [6, 6.07) is -0.640. The summed E-state index contributed by atoms with van der Waals surface area (Å²) in [5.74, 6) is -0.0969. The molecule has 0 aliphatic heterocycles. The van der Waals surface area contributed by atoms with Crippen molar-refractivity contribution < 1.29 is 24.5 Å². The number of allylic oxidation sites excluding steroid dienone is 5. The summed E-state index contributed by atoms with van der Waals surface area (Å²) < 4.78 is 5.46. The second-order valence-corrected chi connectivity index (χ2v) is 19.6. The van der Waals surface area contributed by atoms with E-state index in [0.29, 0.717) is 19.4 Å². The molecule has 0 aromatic rings. The number of unbranched alkanes of at least 4 members (excludes halogenated alkanes) is 38. The number of aliphatic hydroxyl groups is 2. The Bertz CT molecular complexity index is 1060. The molecule has 0 aliphatic carbocycles. The fourth-order valence-corrected chi connectivity index (χ4v) is 8.72. The molecule has 0 aromatic heterocycles. The molecule has 0 heterocycles. The van der Waals surface area contributed by atoms with Gasteiger partial charge in [-0.25, -0.2) is 0 Å². The topological polar surface area (TPSA) is 95.9 Å². The molecule has 382 valence electrons. The molecule has 0 fully saturated rings. The van der Waals surface area contributed by atoms with Gasteiger partial charge in [-0.05, 0) is 70.6 Å². The molecule has 1 amide bonds. The van der Waals surface area contributed by atoms with Crippen molar-refractivity contribution in [1.82, 2.24) is 5.32 Å². The Kier molecular flexibility index (Phi) is 53.1. The van der Waals surface area contributed by atoms with Crippen LogP contribution in [0.1, 0.15) is 303 Å². The Morgan fingerprint density at radius 2 is 0.769 bits per heavy atom. The lowest BCUT2D eigenvalue weighted by Crippen LogP contribution is -2.45. The van der Waals surface area contributed by atoms with Crippen molar-refractivity contribution in [3.63, 3.8) is 0 Å². The third-order valence-electron chi connectivity index (χ3n) is 13.2. The molecule has 0 aliphatic rings. The summed E-state index contributed by atoms with van der Waals surface area (Å²) in [5, 5.41) is 23.1. The number of carbonyl (C=O) groups excluding carboxylic acids is 2. The van der Waals surface area contributed by atoms with Gasteiger partial charge in [-0.3, -0.25) is 9.59 Å². The van der Waals surface area contributed by atoms with Crippen LogP contribution in [-0.2, 0) is 14.3 Å². The first-order valence-electron chi connectivity index (χ1n) is 28.8. The third kappa shape index (κ3) is 51.3. The standard InChI is InChI=1S/C59H111NO5/c1-3-5-7-9-11-13-15-17-19-24-27-31-35-39-43-47-51-57(62)56(55-61)60-58(63)52-48-44-40-36-32-28-25-21-20-22-26-30-34-38-42-46-50-54-65-59(64)53-49-45-41-37-33-29-23-18-16-14-12-10-8-6-4-2/h20,22,30,34,47,51,56-57,61-62H,3-19,21,23-29,31-33,35-46,48-50,52-55H2,1-2H3,(H,60,63)/b22-20-,34-30-,51-47+. The highest BCUT2D eigenvalue weighted by molar-refractivity contribution is 5.76. The Morgan fingerprint density at radius 1 is 0.431 bits per heavy atom. The number of amides is 1. The van der Waals surface area contributed by atoms with E-state index in [2.05, 4.69) is 43.5 Å². The average Bonchev–Trinajstić information content (AvgIpc) is 3.31. The van der Waals surface area contributed by atoms with Crippen molar-refractivity contribution in [2.45, 2.75) is 315 Å². The molecule has 0 radical (unpaired) electrons. The molecule has 2 atom stereocenters. The minimum absolute atomic E-state index is 0.0137. The summed E-state index contributed by atoms with van der Waals surface area (Å²) in [5.41, 5.74) is 0. The van der Waals surface area contributed by atoms with Crippen molar-refractivity contribution in [2.24, 2.45) is 0 Å². The number of hydrogen-bond donors (Lipinski definition) is 3. The quantitative estimate of drug-likeness (QED) is 0.0321. The molecule has 65 heavy (non-hydrogen) atoms. The molecule has 6 heteroatoms. The highest BCUT2D eigenvalue weighted by Crippen LogP contribution is 2.16. The summed E-state index contributed by atoms with van der Waals surface area (Å²) in [7, 11) is 0. The van der Waals surface area contributed by atoms with Crippen molar-refractivity contribution in [3.05, 3.63) is 36.5 Å². The van der Waals surface area contributed by atoms with Crippen LogP contribution in [-0.4, -0.2) is 47.4 Å². The first-order chi connectivity index (χ1) is 32.0. The van der Waals surface area contributed by atoms with Crippen LogP contribution in [0.3, 0.4) is 0 Å². The number of rotatable bonds is 53. The van der Waals surface area contributed by atoms with E-state index < -0.39 is 12.1 Å². The average molecular weight is 915 g/mol. The number of hydrogen-bond acceptors (Lipinski definition) is 5. The van der Waals surface area contributed by atoms with Gasteiger partial charge in [0, 0.05) is 12.8 Å². The van der Waals surface area contributed by atoms with Gasteiger partial charge in [0.2, 0.25) is 5.91 Å². The maximum absolute atomic E-state index is 12.4. The van der Waals surface area contributed by atoms with Crippen LogP contribution < -0.4 is 5.32 Å². The summed E-state index contributed by atoms with van der Waals surface area (Å²) in [6.45, 7) is 4.87. The van der Waals surface area contributed by atoms with Crippen LogP contribution in [0, 0.1) is 0 Å². The van der Waals surface area contributed by atoms with Gasteiger partial charge >= 0.3 is 5.97 Å². The van der Waals surface area contributed by atoms with Crippen molar-refractivity contribution in [3.8, 4) is 0 Å². The fourth-order valence-electron chi connectivity index (χ4n) is 8.72. The van der Waals surface area contributed by atoms with E-state index in [1.165, 1.54) is 193 Å². The van der Waals surface area contributed by atoms with Gasteiger partial charge in [-0.15, -0.1) is 0 Å². The molecule has 0 saturated heterocycles. The predicted octanol–water partition coefficient (Wildman–Crippen LogP) is 17.6. The van der Waals surface area contributed by atoms with E-state index in [1.807, 2.05) is 6.08 Å². The first-order valence-corrected chi connectivity index (χ1v) is 28.8. The highest BCUT2D eigenvalue weighted by Gasteiger charge is 2.18. The number of aliphatic hydroxyl groups excluding tert-OH is 2. The molecule has 2 unspecified atom stereocenters. The van der Waals surface area contributed by atoms with Gasteiger partial charge < -0.3 is 20.3 Å². The van der Waals surface area contributed by atoms with Crippen LogP contribution in [0.25, 0.3) is 0 Å². The smallest absolute Gasteiger partial charge is 0.305 e. The Balaban J connectivity index is 3.52. The van der Waals surface area contributed by atoms with E-state index in [-0.39, 0.29) is 18.5 Å². The summed E-state index contributed by atoms with van der Waals surface area (Å²) >= 11 is 0. The Labute approximate surface area is 404 Å². The van der Waals surface area contributed by atoms with Gasteiger partial charge in [0.1, 0.15) is 0 Å².